The fourth-order valence-electron chi connectivity index (χ4n) is 0.940. The summed E-state index contributed by atoms with van der Waals surface area (Å²) >= 11 is 5.61. The number of methoxy groups -OCH3 is 1. The van der Waals surface area contributed by atoms with E-state index in [-0.39, 0.29) is 5.28 Å². The summed E-state index contributed by atoms with van der Waals surface area (Å²) in [5, 5.41) is 0.179. The first-order valence-corrected chi connectivity index (χ1v) is 4.59. The van der Waals surface area contributed by atoms with E-state index >= 15 is 0 Å². The summed E-state index contributed by atoms with van der Waals surface area (Å²) in [6.45, 7) is 0.618. The highest BCUT2D eigenvalue weighted by Crippen LogP contribution is 2.17. The Kier molecular flexibility index (Phi) is 4.35. The molecule has 0 bridgehead atoms. The molecule has 1 rings (SSSR count). The van der Waals surface area contributed by atoms with E-state index in [9.17, 15) is 0 Å². The Hall–Kier alpha value is -1.13. The Morgan fingerprint density at radius 2 is 2.43 bits per heavy atom. The Morgan fingerprint density at radius 1 is 1.64 bits per heavy atom. The summed E-state index contributed by atoms with van der Waals surface area (Å²) in [5.41, 5.74) is 6.15. The molecule has 0 amide bonds. The van der Waals surface area contributed by atoms with Crippen molar-refractivity contribution < 1.29 is 4.74 Å². The van der Waals surface area contributed by atoms with E-state index in [1.165, 1.54) is 0 Å². The van der Waals surface area contributed by atoms with Crippen LogP contribution in [0.1, 0.15) is 12.0 Å². The summed E-state index contributed by atoms with van der Waals surface area (Å²) in [6.07, 6.45) is 6.23. The zero-order chi connectivity index (χ0) is 10.4. The molecule has 0 aliphatic rings. The lowest BCUT2D eigenvalue weighted by molar-refractivity contribution is 0.396. The van der Waals surface area contributed by atoms with Crippen molar-refractivity contribution in [3.63, 3.8) is 0 Å². The monoisotopic (exact) mass is 213 g/mol. The predicted molar refractivity (Wildman–Crippen MR) is 56.3 cm³/mol. The van der Waals surface area contributed by atoms with Gasteiger partial charge in [0.2, 0.25) is 11.2 Å². The number of hydrogen-bond acceptors (Lipinski definition) is 4. The first kappa shape index (κ1) is 10.9. The number of aromatic nitrogens is 2. The molecule has 0 unspecified atom stereocenters. The van der Waals surface area contributed by atoms with Gasteiger partial charge in [-0.1, -0.05) is 12.2 Å². The van der Waals surface area contributed by atoms with Crippen molar-refractivity contribution in [2.24, 2.45) is 5.73 Å². The summed E-state index contributed by atoms with van der Waals surface area (Å²) in [4.78, 5) is 7.78. The van der Waals surface area contributed by atoms with Crippen LogP contribution in [0.5, 0.6) is 5.88 Å². The fraction of sp³-hybridized carbons (Fsp3) is 0.333. The molecule has 0 atom stereocenters. The second-order valence-electron chi connectivity index (χ2n) is 2.58. The van der Waals surface area contributed by atoms with Crippen LogP contribution in [-0.2, 0) is 0 Å². The molecule has 1 aromatic rings. The molecule has 1 heterocycles. The highest BCUT2D eigenvalue weighted by atomic mass is 35.5. The molecular formula is C9H12ClN3O. The molecule has 0 fully saturated rings. The van der Waals surface area contributed by atoms with Gasteiger partial charge < -0.3 is 10.5 Å². The first-order valence-electron chi connectivity index (χ1n) is 4.21. The second kappa shape index (κ2) is 5.57. The van der Waals surface area contributed by atoms with Crippen molar-refractivity contribution in [1.29, 1.82) is 0 Å². The van der Waals surface area contributed by atoms with Crippen molar-refractivity contribution in [3.8, 4) is 5.88 Å². The molecule has 2 N–H and O–H groups in total. The van der Waals surface area contributed by atoms with Crippen molar-refractivity contribution >= 4 is 17.7 Å². The van der Waals surface area contributed by atoms with E-state index in [0.717, 1.165) is 12.0 Å². The van der Waals surface area contributed by atoms with Crippen LogP contribution in [0, 0.1) is 0 Å². The summed E-state index contributed by atoms with van der Waals surface area (Å²) in [5.74, 6) is 0.471. The minimum absolute atomic E-state index is 0.179. The SMILES string of the molecule is COc1nc(Cl)ncc1C=CCCN. The van der Waals surface area contributed by atoms with Gasteiger partial charge in [-0.05, 0) is 24.6 Å². The maximum Gasteiger partial charge on any atom is 0.225 e. The van der Waals surface area contributed by atoms with E-state index in [4.69, 9.17) is 22.1 Å². The summed E-state index contributed by atoms with van der Waals surface area (Å²) in [7, 11) is 1.54. The molecule has 0 aliphatic heterocycles. The normalized spacial score (nSPS) is 10.8. The van der Waals surface area contributed by atoms with Gasteiger partial charge in [-0.3, -0.25) is 0 Å². The number of halogens is 1. The Balaban J connectivity index is 2.85. The van der Waals surface area contributed by atoms with E-state index in [1.54, 1.807) is 13.3 Å². The number of nitrogens with two attached hydrogens (primary N) is 1. The Labute approximate surface area is 87.8 Å². The van der Waals surface area contributed by atoms with E-state index < -0.39 is 0 Å². The van der Waals surface area contributed by atoms with Gasteiger partial charge in [-0.15, -0.1) is 0 Å². The van der Waals surface area contributed by atoms with Gasteiger partial charge >= 0.3 is 0 Å². The first-order chi connectivity index (χ1) is 6.77. The zero-order valence-corrected chi connectivity index (χ0v) is 8.66. The molecular weight excluding hydrogens is 202 g/mol. The minimum Gasteiger partial charge on any atom is -0.480 e. The maximum atomic E-state index is 5.61. The smallest absolute Gasteiger partial charge is 0.225 e. The molecule has 1 aromatic heterocycles. The molecule has 14 heavy (non-hydrogen) atoms. The van der Waals surface area contributed by atoms with Gasteiger partial charge in [0.15, 0.2) is 0 Å². The molecule has 5 heteroatoms. The van der Waals surface area contributed by atoms with Gasteiger partial charge in [0, 0.05) is 6.20 Å². The zero-order valence-electron chi connectivity index (χ0n) is 7.90. The molecule has 0 saturated carbocycles. The molecule has 0 aromatic carbocycles. The van der Waals surface area contributed by atoms with Crippen molar-refractivity contribution in [1.82, 2.24) is 9.97 Å². The van der Waals surface area contributed by atoms with Gasteiger partial charge in [-0.2, -0.15) is 4.98 Å². The van der Waals surface area contributed by atoms with Gasteiger partial charge in [-0.25, -0.2) is 4.98 Å². The highest BCUT2D eigenvalue weighted by molar-refractivity contribution is 6.28. The average molecular weight is 214 g/mol. The van der Waals surface area contributed by atoms with Gasteiger partial charge in [0.1, 0.15) is 0 Å². The third-order valence-electron chi connectivity index (χ3n) is 1.58. The van der Waals surface area contributed by atoms with Crippen molar-refractivity contribution in [3.05, 3.63) is 23.1 Å². The third kappa shape index (κ3) is 2.97. The van der Waals surface area contributed by atoms with E-state index in [0.29, 0.717) is 12.4 Å². The molecule has 0 aliphatic carbocycles. The average Bonchev–Trinajstić information content (AvgIpc) is 2.20. The maximum absolute atomic E-state index is 5.61. The summed E-state index contributed by atoms with van der Waals surface area (Å²) < 4.78 is 5.04. The third-order valence-corrected chi connectivity index (χ3v) is 1.76. The van der Waals surface area contributed by atoms with Gasteiger partial charge in [0.05, 0.1) is 12.7 Å². The van der Waals surface area contributed by atoms with Crippen LogP contribution in [0.2, 0.25) is 5.28 Å². The lowest BCUT2D eigenvalue weighted by Crippen LogP contribution is -1.96. The lowest BCUT2D eigenvalue weighted by atomic mass is 10.2. The Bertz CT molecular complexity index is 328. The van der Waals surface area contributed by atoms with Crippen LogP contribution < -0.4 is 10.5 Å². The molecule has 4 nitrogen and oxygen atoms in total. The van der Waals surface area contributed by atoms with Crippen LogP contribution in [0.3, 0.4) is 0 Å². The van der Waals surface area contributed by atoms with Crippen molar-refractivity contribution in [2.75, 3.05) is 13.7 Å². The van der Waals surface area contributed by atoms with Crippen LogP contribution in [0.4, 0.5) is 0 Å². The van der Waals surface area contributed by atoms with E-state index in [2.05, 4.69) is 9.97 Å². The number of hydrogen-bond donors (Lipinski definition) is 1. The quantitative estimate of drug-likeness (QED) is 0.770. The lowest BCUT2D eigenvalue weighted by Gasteiger charge is -2.02. The van der Waals surface area contributed by atoms with Crippen LogP contribution >= 0.6 is 11.6 Å². The number of nitrogens with zero attached hydrogens (tertiary/aromatic N) is 2. The topological polar surface area (TPSA) is 61.0 Å². The van der Waals surface area contributed by atoms with Crippen LogP contribution in [0.25, 0.3) is 6.08 Å². The van der Waals surface area contributed by atoms with E-state index in [1.807, 2.05) is 12.2 Å². The molecule has 0 spiro atoms. The molecule has 0 radical (unpaired) electrons. The molecule has 76 valence electrons. The number of ether oxygens (including phenoxy) is 1. The number of rotatable bonds is 4. The predicted octanol–water partition coefficient (Wildman–Crippen LogP) is 1.50. The molecule has 0 saturated heterocycles. The van der Waals surface area contributed by atoms with Crippen molar-refractivity contribution in [2.45, 2.75) is 6.42 Å². The highest BCUT2D eigenvalue weighted by Gasteiger charge is 2.02. The summed E-state index contributed by atoms with van der Waals surface area (Å²) in [6, 6.07) is 0. The standard InChI is InChI=1S/C9H12ClN3O/c1-14-8-7(4-2-3-5-11)6-12-9(10)13-8/h2,4,6H,3,5,11H2,1H3. The van der Waals surface area contributed by atoms with Crippen LogP contribution in [0.15, 0.2) is 12.3 Å². The second-order valence-corrected chi connectivity index (χ2v) is 2.92. The van der Waals surface area contributed by atoms with Crippen LogP contribution in [-0.4, -0.2) is 23.6 Å². The Morgan fingerprint density at radius 3 is 3.07 bits per heavy atom. The largest absolute Gasteiger partial charge is 0.480 e. The fourth-order valence-corrected chi connectivity index (χ4v) is 1.07. The minimum atomic E-state index is 0.179. The van der Waals surface area contributed by atoms with Gasteiger partial charge in [0.25, 0.3) is 0 Å².